The van der Waals surface area contributed by atoms with Crippen molar-refractivity contribution in [3.63, 3.8) is 0 Å². The third-order valence-corrected chi connectivity index (χ3v) is 5.56. The molecule has 0 amide bonds. The fraction of sp³-hybridized carbons (Fsp3) is 0.889. The van der Waals surface area contributed by atoms with E-state index in [0.29, 0.717) is 0 Å². The first-order valence-electron chi connectivity index (χ1n) is 9.43. The van der Waals surface area contributed by atoms with Crippen LogP contribution in [0.5, 0.6) is 0 Å². The predicted octanol–water partition coefficient (Wildman–Crippen LogP) is 1.29. The van der Waals surface area contributed by atoms with E-state index in [9.17, 15) is 19.8 Å². The standard InChI is InChI=1S/C18H28O7/c19-15-9-13(25-18(22)12-7-3-4-8-12)16(20)14(24-15)10-23-17(21)11-5-1-2-6-11/h11-16,19-20H,1-10H2. The van der Waals surface area contributed by atoms with E-state index < -0.39 is 24.6 Å². The van der Waals surface area contributed by atoms with Crippen molar-refractivity contribution in [1.29, 1.82) is 0 Å². The van der Waals surface area contributed by atoms with Crippen LogP contribution in [0.3, 0.4) is 0 Å². The first-order chi connectivity index (χ1) is 12.0. The van der Waals surface area contributed by atoms with Crippen molar-refractivity contribution in [3.8, 4) is 0 Å². The molecule has 3 rings (SSSR count). The topological polar surface area (TPSA) is 102 Å². The molecule has 0 aromatic carbocycles. The van der Waals surface area contributed by atoms with Crippen molar-refractivity contribution in [2.24, 2.45) is 11.8 Å². The molecule has 25 heavy (non-hydrogen) atoms. The number of hydrogen-bond acceptors (Lipinski definition) is 7. The van der Waals surface area contributed by atoms with Gasteiger partial charge >= 0.3 is 11.9 Å². The van der Waals surface area contributed by atoms with Gasteiger partial charge in [0.15, 0.2) is 6.29 Å². The average Bonchev–Trinajstić information content (AvgIpc) is 3.29. The first-order valence-corrected chi connectivity index (χ1v) is 9.43. The van der Waals surface area contributed by atoms with Crippen LogP contribution in [-0.4, -0.2) is 53.4 Å². The summed E-state index contributed by atoms with van der Waals surface area (Å²) < 4.78 is 16.0. The summed E-state index contributed by atoms with van der Waals surface area (Å²) in [7, 11) is 0. The van der Waals surface area contributed by atoms with E-state index in [4.69, 9.17) is 14.2 Å². The molecular weight excluding hydrogens is 328 g/mol. The molecule has 2 aliphatic carbocycles. The van der Waals surface area contributed by atoms with Crippen molar-refractivity contribution in [2.45, 2.75) is 82.4 Å². The Hall–Kier alpha value is -1.18. The summed E-state index contributed by atoms with van der Waals surface area (Å²) in [6.45, 7) is -0.148. The molecule has 0 spiro atoms. The van der Waals surface area contributed by atoms with E-state index in [0.717, 1.165) is 51.4 Å². The molecule has 3 aliphatic rings. The molecule has 2 N–H and O–H groups in total. The highest BCUT2D eigenvalue weighted by Crippen LogP contribution is 2.29. The van der Waals surface area contributed by atoms with Gasteiger partial charge in [0.25, 0.3) is 0 Å². The lowest BCUT2D eigenvalue weighted by molar-refractivity contribution is -0.248. The lowest BCUT2D eigenvalue weighted by Gasteiger charge is -2.37. The fourth-order valence-corrected chi connectivity index (χ4v) is 4.02. The second-order valence-electron chi connectivity index (χ2n) is 7.42. The Bertz CT molecular complexity index is 468. The quantitative estimate of drug-likeness (QED) is 0.716. The van der Waals surface area contributed by atoms with Crippen LogP contribution in [0.4, 0.5) is 0 Å². The molecular formula is C18H28O7. The minimum absolute atomic E-state index is 0.0205. The van der Waals surface area contributed by atoms with Crippen LogP contribution in [-0.2, 0) is 23.8 Å². The monoisotopic (exact) mass is 356 g/mol. The van der Waals surface area contributed by atoms with Crippen LogP contribution in [0.15, 0.2) is 0 Å². The Morgan fingerprint density at radius 3 is 2.08 bits per heavy atom. The Balaban J connectivity index is 1.51. The SMILES string of the molecule is O=C(OCC1OC(O)CC(OC(=O)C2CCCC2)C1O)C1CCCC1. The molecule has 0 aromatic heterocycles. The summed E-state index contributed by atoms with van der Waals surface area (Å²) in [5.41, 5.74) is 0. The third-order valence-electron chi connectivity index (χ3n) is 5.56. The van der Waals surface area contributed by atoms with E-state index in [-0.39, 0.29) is 36.8 Å². The molecule has 7 heteroatoms. The molecule has 7 nitrogen and oxygen atoms in total. The number of carbonyl (C=O) groups excluding carboxylic acids is 2. The predicted molar refractivity (Wildman–Crippen MR) is 86.3 cm³/mol. The molecule has 0 radical (unpaired) electrons. The smallest absolute Gasteiger partial charge is 0.309 e. The Morgan fingerprint density at radius 1 is 0.920 bits per heavy atom. The minimum Gasteiger partial charge on any atom is -0.463 e. The van der Waals surface area contributed by atoms with Crippen molar-refractivity contribution in [1.82, 2.24) is 0 Å². The number of aliphatic hydroxyl groups excluding tert-OH is 2. The fourth-order valence-electron chi connectivity index (χ4n) is 4.02. The van der Waals surface area contributed by atoms with Gasteiger partial charge in [0.05, 0.1) is 11.8 Å². The molecule has 2 saturated carbocycles. The van der Waals surface area contributed by atoms with Gasteiger partial charge in [-0.25, -0.2) is 0 Å². The summed E-state index contributed by atoms with van der Waals surface area (Å²) in [4.78, 5) is 24.2. The number of aliphatic hydroxyl groups is 2. The minimum atomic E-state index is -1.15. The maximum absolute atomic E-state index is 12.2. The zero-order chi connectivity index (χ0) is 17.8. The van der Waals surface area contributed by atoms with Gasteiger partial charge in [-0.2, -0.15) is 0 Å². The number of carbonyl (C=O) groups is 2. The second-order valence-corrected chi connectivity index (χ2v) is 7.42. The molecule has 1 saturated heterocycles. The van der Waals surface area contributed by atoms with E-state index in [1.54, 1.807) is 0 Å². The Morgan fingerprint density at radius 2 is 1.48 bits per heavy atom. The normalized spacial score (nSPS) is 34.2. The molecule has 4 atom stereocenters. The van der Waals surface area contributed by atoms with E-state index in [2.05, 4.69) is 0 Å². The van der Waals surface area contributed by atoms with E-state index >= 15 is 0 Å². The van der Waals surface area contributed by atoms with Crippen LogP contribution < -0.4 is 0 Å². The van der Waals surface area contributed by atoms with Crippen molar-refractivity contribution in [2.75, 3.05) is 6.61 Å². The molecule has 4 unspecified atom stereocenters. The first kappa shape index (κ1) is 18.6. The highest BCUT2D eigenvalue weighted by Gasteiger charge is 2.41. The van der Waals surface area contributed by atoms with Crippen LogP contribution in [0, 0.1) is 11.8 Å². The van der Waals surface area contributed by atoms with Gasteiger partial charge in [0.2, 0.25) is 0 Å². The van der Waals surface area contributed by atoms with E-state index in [1.807, 2.05) is 0 Å². The van der Waals surface area contributed by atoms with Gasteiger partial charge in [-0.15, -0.1) is 0 Å². The lowest BCUT2D eigenvalue weighted by atomic mass is 10.0. The van der Waals surface area contributed by atoms with Crippen LogP contribution in [0.2, 0.25) is 0 Å². The van der Waals surface area contributed by atoms with Crippen LogP contribution in [0.25, 0.3) is 0 Å². The van der Waals surface area contributed by atoms with E-state index in [1.165, 1.54) is 0 Å². The number of ether oxygens (including phenoxy) is 3. The maximum Gasteiger partial charge on any atom is 0.309 e. The average molecular weight is 356 g/mol. The number of rotatable bonds is 5. The van der Waals surface area contributed by atoms with Gasteiger partial charge in [-0.1, -0.05) is 25.7 Å². The second kappa shape index (κ2) is 8.47. The van der Waals surface area contributed by atoms with Gasteiger partial charge in [0, 0.05) is 6.42 Å². The molecule has 3 fully saturated rings. The summed E-state index contributed by atoms with van der Waals surface area (Å²) >= 11 is 0. The lowest BCUT2D eigenvalue weighted by Crippen LogP contribution is -2.52. The summed E-state index contributed by atoms with van der Waals surface area (Å²) in [5.74, 6) is -0.808. The number of hydrogen-bond donors (Lipinski definition) is 2. The van der Waals surface area contributed by atoms with Crippen LogP contribution in [0.1, 0.15) is 57.8 Å². The zero-order valence-electron chi connectivity index (χ0n) is 14.5. The largest absolute Gasteiger partial charge is 0.463 e. The summed E-state index contributed by atoms with van der Waals surface area (Å²) in [6.07, 6.45) is 3.37. The Kier molecular flexibility index (Phi) is 6.30. The van der Waals surface area contributed by atoms with Gasteiger partial charge in [-0.05, 0) is 25.7 Å². The van der Waals surface area contributed by atoms with Gasteiger partial charge in [0.1, 0.15) is 24.9 Å². The molecule has 1 heterocycles. The highest BCUT2D eigenvalue weighted by atomic mass is 16.6. The van der Waals surface area contributed by atoms with Crippen LogP contribution >= 0.6 is 0 Å². The maximum atomic E-state index is 12.2. The summed E-state index contributed by atoms with van der Waals surface area (Å²) in [5, 5.41) is 20.3. The molecule has 1 aliphatic heterocycles. The molecule has 0 bridgehead atoms. The molecule has 142 valence electrons. The Labute approximate surface area is 147 Å². The number of esters is 2. The van der Waals surface area contributed by atoms with Crippen molar-refractivity contribution < 1.29 is 34.0 Å². The highest BCUT2D eigenvalue weighted by molar-refractivity contribution is 5.73. The molecule has 0 aromatic rings. The van der Waals surface area contributed by atoms with Gasteiger partial charge < -0.3 is 24.4 Å². The summed E-state index contributed by atoms with van der Waals surface area (Å²) in [6, 6.07) is 0. The zero-order valence-corrected chi connectivity index (χ0v) is 14.5. The van der Waals surface area contributed by atoms with Crippen molar-refractivity contribution in [3.05, 3.63) is 0 Å². The van der Waals surface area contributed by atoms with Crippen molar-refractivity contribution >= 4 is 11.9 Å². The third kappa shape index (κ3) is 4.71. The van der Waals surface area contributed by atoms with Gasteiger partial charge in [-0.3, -0.25) is 9.59 Å².